The Labute approximate surface area is 120 Å². The first-order chi connectivity index (χ1) is 10.2. The number of para-hydroxylation sites is 1. The molecular formula is C16H11N3O2. The maximum absolute atomic E-state index is 11.8. The second-order valence-corrected chi connectivity index (χ2v) is 4.47. The van der Waals surface area contributed by atoms with E-state index in [1.807, 2.05) is 12.1 Å². The first kappa shape index (κ1) is 12.9. The number of nitrogens with one attached hydrogen (secondary N) is 1. The summed E-state index contributed by atoms with van der Waals surface area (Å²) in [6, 6.07) is 14.5. The second-order valence-electron chi connectivity index (χ2n) is 4.47. The highest BCUT2D eigenvalue weighted by molar-refractivity contribution is 6.02. The molecule has 0 atom stereocenters. The van der Waals surface area contributed by atoms with E-state index in [2.05, 4.69) is 16.0 Å². The lowest BCUT2D eigenvalue weighted by molar-refractivity contribution is 0.0603. The van der Waals surface area contributed by atoms with E-state index >= 15 is 0 Å². The number of fused-ring (bicyclic) bond motifs is 1. The largest absolute Gasteiger partial charge is 0.465 e. The van der Waals surface area contributed by atoms with Gasteiger partial charge in [0.15, 0.2) is 0 Å². The van der Waals surface area contributed by atoms with Gasteiger partial charge in [-0.3, -0.25) is 0 Å². The summed E-state index contributed by atoms with van der Waals surface area (Å²) in [4.78, 5) is 19.4. The summed E-state index contributed by atoms with van der Waals surface area (Å²) in [7, 11) is 1.34. The van der Waals surface area contributed by atoms with Gasteiger partial charge in [-0.15, -0.1) is 0 Å². The Bertz CT molecular complexity index is 875. The van der Waals surface area contributed by atoms with Crippen molar-refractivity contribution in [2.45, 2.75) is 0 Å². The zero-order valence-electron chi connectivity index (χ0n) is 11.3. The fourth-order valence-electron chi connectivity index (χ4n) is 2.18. The number of aromatic amines is 1. The molecule has 102 valence electrons. The maximum Gasteiger partial charge on any atom is 0.340 e. The van der Waals surface area contributed by atoms with E-state index in [4.69, 9.17) is 10.00 Å². The predicted octanol–water partition coefficient (Wildman–Crippen LogP) is 2.89. The van der Waals surface area contributed by atoms with Gasteiger partial charge in [0, 0.05) is 5.56 Å². The van der Waals surface area contributed by atoms with Crippen LogP contribution in [0.4, 0.5) is 0 Å². The standard InChI is InChI=1S/C16H11N3O2/c1-21-16(20)12-6-3-7-13-14(12)19-15(18-13)11-5-2-4-10(8-11)9-17/h2-8H,1H3,(H,18,19). The summed E-state index contributed by atoms with van der Waals surface area (Å²) >= 11 is 0. The lowest BCUT2D eigenvalue weighted by atomic mass is 10.1. The minimum Gasteiger partial charge on any atom is -0.465 e. The van der Waals surface area contributed by atoms with Crippen LogP contribution in [0.2, 0.25) is 0 Å². The van der Waals surface area contributed by atoms with Gasteiger partial charge < -0.3 is 9.72 Å². The number of nitrogens with zero attached hydrogens (tertiary/aromatic N) is 2. The van der Waals surface area contributed by atoms with Gasteiger partial charge >= 0.3 is 5.97 Å². The van der Waals surface area contributed by atoms with E-state index in [1.54, 1.807) is 30.3 Å². The average molecular weight is 277 g/mol. The molecule has 0 amide bonds. The molecular weight excluding hydrogens is 266 g/mol. The van der Waals surface area contributed by atoms with Crippen LogP contribution in [-0.2, 0) is 4.74 Å². The number of ether oxygens (including phenoxy) is 1. The molecule has 0 bridgehead atoms. The van der Waals surface area contributed by atoms with Crippen LogP contribution in [0.3, 0.4) is 0 Å². The van der Waals surface area contributed by atoms with Crippen LogP contribution in [0, 0.1) is 11.3 Å². The van der Waals surface area contributed by atoms with Gasteiger partial charge in [-0.25, -0.2) is 9.78 Å². The topological polar surface area (TPSA) is 78.8 Å². The molecule has 0 aliphatic carbocycles. The molecule has 5 nitrogen and oxygen atoms in total. The van der Waals surface area contributed by atoms with Crippen LogP contribution < -0.4 is 0 Å². The highest BCUT2D eigenvalue weighted by Crippen LogP contribution is 2.23. The van der Waals surface area contributed by atoms with Crippen molar-refractivity contribution in [3.05, 3.63) is 53.6 Å². The van der Waals surface area contributed by atoms with Gasteiger partial charge in [0.1, 0.15) is 11.3 Å². The van der Waals surface area contributed by atoms with Crippen LogP contribution in [0.25, 0.3) is 22.4 Å². The number of hydrogen-bond donors (Lipinski definition) is 1. The fourth-order valence-corrected chi connectivity index (χ4v) is 2.18. The Hall–Kier alpha value is -3.13. The van der Waals surface area contributed by atoms with Gasteiger partial charge in [0.2, 0.25) is 0 Å². The van der Waals surface area contributed by atoms with E-state index in [0.29, 0.717) is 22.5 Å². The predicted molar refractivity (Wildman–Crippen MR) is 77.6 cm³/mol. The third-order valence-corrected chi connectivity index (χ3v) is 3.18. The normalized spacial score (nSPS) is 10.3. The molecule has 5 heteroatoms. The molecule has 21 heavy (non-hydrogen) atoms. The Balaban J connectivity index is 2.17. The van der Waals surface area contributed by atoms with Crippen molar-refractivity contribution in [2.24, 2.45) is 0 Å². The van der Waals surface area contributed by atoms with Gasteiger partial charge in [-0.1, -0.05) is 18.2 Å². The molecule has 0 aliphatic heterocycles. The van der Waals surface area contributed by atoms with E-state index in [0.717, 1.165) is 11.1 Å². The summed E-state index contributed by atoms with van der Waals surface area (Å²) in [5.74, 6) is 0.183. The summed E-state index contributed by atoms with van der Waals surface area (Å²) < 4.78 is 4.76. The molecule has 0 saturated heterocycles. The average Bonchev–Trinajstić information content (AvgIpc) is 2.98. The van der Waals surface area contributed by atoms with E-state index < -0.39 is 5.97 Å². The molecule has 0 unspecified atom stereocenters. The number of H-pyrrole nitrogens is 1. The van der Waals surface area contributed by atoms with Crippen LogP contribution in [-0.4, -0.2) is 23.0 Å². The molecule has 3 rings (SSSR count). The molecule has 3 aromatic rings. The fraction of sp³-hybridized carbons (Fsp3) is 0.0625. The Morgan fingerprint density at radius 2 is 2.10 bits per heavy atom. The van der Waals surface area contributed by atoms with Crippen molar-refractivity contribution >= 4 is 17.0 Å². The zero-order valence-corrected chi connectivity index (χ0v) is 11.3. The summed E-state index contributed by atoms with van der Waals surface area (Å²) in [6.07, 6.45) is 0. The van der Waals surface area contributed by atoms with Gasteiger partial charge in [-0.05, 0) is 24.3 Å². The van der Waals surface area contributed by atoms with Crippen molar-refractivity contribution in [1.29, 1.82) is 5.26 Å². The highest BCUT2D eigenvalue weighted by atomic mass is 16.5. The van der Waals surface area contributed by atoms with Crippen molar-refractivity contribution in [3.63, 3.8) is 0 Å². The number of benzene rings is 2. The summed E-state index contributed by atoms with van der Waals surface area (Å²) in [5.41, 5.74) is 3.06. The van der Waals surface area contributed by atoms with Crippen LogP contribution in [0.1, 0.15) is 15.9 Å². The van der Waals surface area contributed by atoms with Gasteiger partial charge in [0.05, 0.1) is 29.8 Å². The molecule has 0 fully saturated rings. The number of methoxy groups -OCH3 is 1. The number of esters is 1. The molecule has 2 aromatic carbocycles. The van der Waals surface area contributed by atoms with Crippen molar-refractivity contribution in [1.82, 2.24) is 9.97 Å². The quantitative estimate of drug-likeness (QED) is 0.730. The lowest BCUT2D eigenvalue weighted by Gasteiger charge is -1.98. The van der Waals surface area contributed by atoms with Crippen molar-refractivity contribution in [3.8, 4) is 17.5 Å². The number of nitriles is 1. The number of carbonyl (C=O) groups excluding carboxylic acids is 1. The van der Waals surface area contributed by atoms with Gasteiger partial charge in [0.25, 0.3) is 0 Å². The second kappa shape index (κ2) is 5.10. The molecule has 0 spiro atoms. The van der Waals surface area contributed by atoms with E-state index in [-0.39, 0.29) is 0 Å². The SMILES string of the molecule is COC(=O)c1cccc2[nH]c(-c3cccc(C#N)c3)nc12. The Kier molecular flexibility index (Phi) is 3.13. The van der Waals surface area contributed by atoms with Crippen LogP contribution in [0.5, 0.6) is 0 Å². The number of imidazole rings is 1. The third kappa shape index (κ3) is 2.23. The number of aromatic nitrogens is 2. The van der Waals surface area contributed by atoms with E-state index in [9.17, 15) is 4.79 Å². The lowest BCUT2D eigenvalue weighted by Crippen LogP contribution is -2.01. The van der Waals surface area contributed by atoms with Gasteiger partial charge in [-0.2, -0.15) is 5.26 Å². The monoisotopic (exact) mass is 277 g/mol. The molecule has 1 N–H and O–H groups in total. The molecule has 1 heterocycles. The maximum atomic E-state index is 11.8. The summed E-state index contributed by atoms with van der Waals surface area (Å²) in [6.45, 7) is 0. The molecule has 0 saturated carbocycles. The number of rotatable bonds is 2. The molecule has 1 aromatic heterocycles. The van der Waals surface area contributed by atoms with Crippen LogP contribution in [0.15, 0.2) is 42.5 Å². The molecule has 0 radical (unpaired) electrons. The Morgan fingerprint density at radius 3 is 2.86 bits per heavy atom. The van der Waals surface area contributed by atoms with Crippen LogP contribution >= 0.6 is 0 Å². The van der Waals surface area contributed by atoms with Crippen molar-refractivity contribution in [2.75, 3.05) is 7.11 Å². The number of hydrogen-bond acceptors (Lipinski definition) is 4. The first-order valence-electron chi connectivity index (χ1n) is 6.30. The third-order valence-electron chi connectivity index (χ3n) is 3.18. The van der Waals surface area contributed by atoms with Crippen molar-refractivity contribution < 1.29 is 9.53 Å². The summed E-state index contributed by atoms with van der Waals surface area (Å²) in [5, 5.41) is 8.96. The number of carbonyl (C=O) groups is 1. The minimum atomic E-state index is -0.426. The first-order valence-corrected chi connectivity index (χ1v) is 6.30. The minimum absolute atomic E-state index is 0.411. The smallest absolute Gasteiger partial charge is 0.340 e. The zero-order chi connectivity index (χ0) is 14.8. The highest BCUT2D eigenvalue weighted by Gasteiger charge is 2.14. The molecule has 0 aliphatic rings. The Morgan fingerprint density at radius 1 is 1.29 bits per heavy atom. The van der Waals surface area contributed by atoms with E-state index in [1.165, 1.54) is 7.11 Å².